The molecular weight excluding hydrogens is 351 g/mol. The monoisotopic (exact) mass is 364 g/mol. The van der Waals surface area contributed by atoms with Crippen molar-refractivity contribution < 1.29 is 23.6 Å². The predicted molar refractivity (Wildman–Crippen MR) is 90.2 cm³/mol. The largest absolute Gasteiger partial charge is 0.452 e. The maximum absolute atomic E-state index is 13.0. The molecule has 0 saturated carbocycles. The van der Waals surface area contributed by atoms with Gasteiger partial charge in [0.1, 0.15) is 11.4 Å². The fraction of sp³-hybridized carbons (Fsp3) is 0.125. The number of nitro benzene ring substituents is 1. The molecule has 0 aliphatic rings. The number of nitrogens with zero attached hydrogens (tertiary/aromatic N) is 1. The number of esters is 1. The highest BCUT2D eigenvalue weighted by atomic mass is 32.2. The number of halogens is 1. The zero-order chi connectivity index (χ0) is 18.4. The molecule has 0 atom stereocenters. The number of hydrogen-bond donors (Lipinski definition) is 1. The molecule has 2 aromatic carbocycles. The van der Waals surface area contributed by atoms with Crippen LogP contribution < -0.4 is 5.32 Å². The van der Waals surface area contributed by atoms with E-state index in [1.807, 2.05) is 0 Å². The Hall–Kier alpha value is -2.94. The molecule has 0 fully saturated rings. The first-order valence-corrected chi connectivity index (χ1v) is 8.18. The highest BCUT2D eigenvalue weighted by molar-refractivity contribution is 7.98. The fourth-order valence-electron chi connectivity index (χ4n) is 1.94. The number of amides is 1. The van der Waals surface area contributed by atoms with Crippen molar-refractivity contribution in [2.75, 3.05) is 18.2 Å². The third-order valence-electron chi connectivity index (χ3n) is 3.06. The van der Waals surface area contributed by atoms with Crippen LogP contribution in [-0.2, 0) is 9.53 Å². The summed E-state index contributed by atoms with van der Waals surface area (Å²) in [6, 6.07) is 9.24. The third-order valence-corrected chi connectivity index (χ3v) is 3.79. The number of hydrogen-bond acceptors (Lipinski definition) is 6. The Morgan fingerprint density at radius 2 is 2.04 bits per heavy atom. The van der Waals surface area contributed by atoms with Crippen LogP contribution in [-0.4, -0.2) is 29.7 Å². The Labute approximate surface area is 146 Å². The van der Waals surface area contributed by atoms with E-state index >= 15 is 0 Å². The average Bonchev–Trinajstić information content (AvgIpc) is 2.59. The number of benzene rings is 2. The van der Waals surface area contributed by atoms with Gasteiger partial charge in [-0.15, -0.1) is 11.8 Å². The molecule has 0 bridgehead atoms. The minimum Gasteiger partial charge on any atom is -0.452 e. The first-order valence-electron chi connectivity index (χ1n) is 6.95. The van der Waals surface area contributed by atoms with Gasteiger partial charge >= 0.3 is 5.97 Å². The van der Waals surface area contributed by atoms with Crippen molar-refractivity contribution in [1.82, 2.24) is 0 Å². The van der Waals surface area contributed by atoms with E-state index in [1.54, 1.807) is 6.26 Å². The fourth-order valence-corrected chi connectivity index (χ4v) is 2.38. The number of carbonyl (C=O) groups is 2. The highest BCUT2D eigenvalue weighted by Gasteiger charge is 2.22. The molecular formula is C16H13FN2O5S. The maximum Gasteiger partial charge on any atom is 0.345 e. The molecule has 9 heteroatoms. The van der Waals surface area contributed by atoms with E-state index in [0.717, 1.165) is 6.07 Å². The molecule has 1 amide bonds. The van der Waals surface area contributed by atoms with Crippen LogP contribution >= 0.6 is 11.8 Å². The first kappa shape index (κ1) is 18.4. The molecule has 0 radical (unpaired) electrons. The lowest BCUT2D eigenvalue weighted by molar-refractivity contribution is -0.385. The quantitative estimate of drug-likeness (QED) is 0.366. The zero-order valence-corrected chi connectivity index (χ0v) is 13.8. The smallest absolute Gasteiger partial charge is 0.345 e. The van der Waals surface area contributed by atoms with E-state index in [9.17, 15) is 24.1 Å². The summed E-state index contributed by atoms with van der Waals surface area (Å²) in [4.78, 5) is 34.8. The molecule has 25 heavy (non-hydrogen) atoms. The van der Waals surface area contributed by atoms with Gasteiger partial charge in [0, 0.05) is 16.6 Å². The van der Waals surface area contributed by atoms with E-state index in [0.29, 0.717) is 4.90 Å². The van der Waals surface area contributed by atoms with Crippen LogP contribution in [0.15, 0.2) is 47.4 Å². The van der Waals surface area contributed by atoms with Gasteiger partial charge < -0.3 is 10.1 Å². The van der Waals surface area contributed by atoms with Crippen molar-refractivity contribution in [3.05, 3.63) is 64.0 Å². The molecule has 130 valence electrons. The average molecular weight is 364 g/mol. The van der Waals surface area contributed by atoms with Crippen LogP contribution in [0.1, 0.15) is 10.4 Å². The third kappa shape index (κ3) is 5.01. The van der Waals surface area contributed by atoms with Crippen LogP contribution in [0.3, 0.4) is 0 Å². The molecule has 0 heterocycles. The Morgan fingerprint density at radius 1 is 1.28 bits per heavy atom. The van der Waals surface area contributed by atoms with E-state index in [-0.39, 0.29) is 11.3 Å². The number of anilines is 1. The van der Waals surface area contributed by atoms with Crippen molar-refractivity contribution >= 4 is 35.0 Å². The van der Waals surface area contributed by atoms with Crippen LogP contribution in [0, 0.1) is 15.9 Å². The summed E-state index contributed by atoms with van der Waals surface area (Å²) in [5, 5.41) is 13.4. The van der Waals surface area contributed by atoms with Crippen molar-refractivity contribution in [3.63, 3.8) is 0 Å². The SMILES string of the molecule is CSc1ccc([N+](=O)[O-])c(C(=O)OCC(=O)Nc2cccc(F)c2)c1. The Balaban J connectivity index is 2.04. The summed E-state index contributed by atoms with van der Waals surface area (Å²) in [5.41, 5.74) is -0.444. The molecule has 1 N–H and O–H groups in total. The van der Waals surface area contributed by atoms with Gasteiger partial charge in [-0.25, -0.2) is 9.18 Å². The van der Waals surface area contributed by atoms with Gasteiger partial charge in [-0.1, -0.05) is 6.07 Å². The summed E-state index contributed by atoms with van der Waals surface area (Å²) in [6.07, 6.45) is 1.75. The summed E-state index contributed by atoms with van der Waals surface area (Å²) >= 11 is 1.30. The van der Waals surface area contributed by atoms with Crippen molar-refractivity contribution in [3.8, 4) is 0 Å². The van der Waals surface area contributed by atoms with Gasteiger partial charge in [-0.05, 0) is 36.6 Å². The second-order valence-electron chi connectivity index (χ2n) is 4.77. The number of carbonyl (C=O) groups excluding carboxylic acids is 2. The standard InChI is InChI=1S/C16H13FN2O5S/c1-25-12-5-6-14(19(22)23)13(8-12)16(21)24-9-15(20)18-11-4-2-3-10(17)7-11/h2-8H,9H2,1H3,(H,18,20). The van der Waals surface area contributed by atoms with E-state index in [1.165, 1.54) is 48.2 Å². The molecule has 0 aromatic heterocycles. The molecule has 0 spiro atoms. The van der Waals surface area contributed by atoms with Crippen molar-refractivity contribution in [1.29, 1.82) is 0 Å². The minimum absolute atomic E-state index is 0.205. The molecule has 0 aliphatic heterocycles. The maximum atomic E-state index is 13.0. The van der Waals surface area contributed by atoms with Crippen molar-refractivity contribution in [2.45, 2.75) is 4.90 Å². The second kappa shape index (κ2) is 8.25. The molecule has 2 rings (SSSR count). The lowest BCUT2D eigenvalue weighted by Gasteiger charge is -2.08. The first-order chi connectivity index (χ1) is 11.9. The zero-order valence-electron chi connectivity index (χ0n) is 13.0. The topological polar surface area (TPSA) is 98.5 Å². The molecule has 2 aromatic rings. The second-order valence-corrected chi connectivity index (χ2v) is 5.65. The highest BCUT2D eigenvalue weighted by Crippen LogP contribution is 2.25. The van der Waals surface area contributed by atoms with E-state index in [4.69, 9.17) is 4.74 Å². The number of thioether (sulfide) groups is 1. The van der Waals surface area contributed by atoms with Crippen LogP contribution in [0.2, 0.25) is 0 Å². The molecule has 0 unspecified atom stereocenters. The van der Waals surface area contributed by atoms with Gasteiger partial charge in [0.2, 0.25) is 0 Å². The molecule has 0 aliphatic carbocycles. The number of rotatable bonds is 6. The van der Waals surface area contributed by atoms with Crippen LogP contribution in [0.4, 0.5) is 15.8 Å². The summed E-state index contributed by atoms with van der Waals surface area (Å²) in [7, 11) is 0. The van der Waals surface area contributed by atoms with Gasteiger partial charge in [0.05, 0.1) is 4.92 Å². The van der Waals surface area contributed by atoms with Crippen molar-refractivity contribution in [2.24, 2.45) is 0 Å². The van der Waals surface area contributed by atoms with Gasteiger partial charge in [-0.2, -0.15) is 0 Å². The summed E-state index contributed by atoms with van der Waals surface area (Å²) in [5.74, 6) is -2.21. The minimum atomic E-state index is -0.989. The Bertz CT molecular complexity index is 828. The number of nitro groups is 1. The summed E-state index contributed by atoms with van der Waals surface area (Å²) < 4.78 is 17.9. The lowest BCUT2D eigenvalue weighted by Crippen LogP contribution is -2.21. The van der Waals surface area contributed by atoms with Gasteiger partial charge in [-0.3, -0.25) is 14.9 Å². The van der Waals surface area contributed by atoms with Crippen LogP contribution in [0.5, 0.6) is 0 Å². The lowest BCUT2D eigenvalue weighted by atomic mass is 10.2. The Morgan fingerprint density at radius 3 is 2.68 bits per heavy atom. The van der Waals surface area contributed by atoms with Gasteiger partial charge in [0.25, 0.3) is 11.6 Å². The van der Waals surface area contributed by atoms with Gasteiger partial charge in [0.15, 0.2) is 6.61 Å². The normalized spacial score (nSPS) is 10.2. The number of ether oxygens (including phenoxy) is 1. The van der Waals surface area contributed by atoms with E-state index < -0.39 is 34.9 Å². The van der Waals surface area contributed by atoms with E-state index in [2.05, 4.69) is 5.32 Å². The molecule has 0 saturated heterocycles. The predicted octanol–water partition coefficient (Wildman–Crippen LogP) is 3.25. The Kier molecular flexibility index (Phi) is 6.07. The van der Waals surface area contributed by atoms with Crippen LogP contribution in [0.25, 0.3) is 0 Å². The number of nitrogens with one attached hydrogen (secondary N) is 1. The molecule has 7 nitrogen and oxygen atoms in total. The summed E-state index contributed by atoms with van der Waals surface area (Å²) in [6.45, 7) is -0.657.